The quantitative estimate of drug-likeness (QED) is 0.528. The molecular formula is C24H24F3N5O5S. The predicted molar refractivity (Wildman–Crippen MR) is 128 cm³/mol. The van der Waals surface area contributed by atoms with Gasteiger partial charge in [0.15, 0.2) is 9.84 Å². The lowest BCUT2D eigenvalue weighted by atomic mass is 9.88. The molecule has 0 aliphatic carbocycles. The summed E-state index contributed by atoms with van der Waals surface area (Å²) in [4.78, 5) is 28.5. The highest BCUT2D eigenvalue weighted by Crippen LogP contribution is 2.34. The van der Waals surface area contributed by atoms with E-state index in [4.69, 9.17) is 4.74 Å². The molecule has 1 N–H and O–H groups in total. The summed E-state index contributed by atoms with van der Waals surface area (Å²) < 4.78 is 68.7. The van der Waals surface area contributed by atoms with Gasteiger partial charge in [-0.3, -0.25) is 9.89 Å². The highest BCUT2D eigenvalue weighted by molar-refractivity contribution is 7.90. The third kappa shape index (κ3) is 5.30. The minimum absolute atomic E-state index is 0.0291. The zero-order chi connectivity index (χ0) is 27.2. The second-order valence-corrected chi connectivity index (χ2v) is 11.7. The highest BCUT2D eigenvalue weighted by atomic mass is 32.2. The van der Waals surface area contributed by atoms with E-state index >= 15 is 0 Å². The van der Waals surface area contributed by atoms with Crippen LogP contribution in [0.15, 0.2) is 41.3 Å². The maximum absolute atomic E-state index is 13.3. The Morgan fingerprint density at radius 1 is 1.08 bits per heavy atom. The molecule has 14 heteroatoms. The molecule has 2 atom stereocenters. The van der Waals surface area contributed by atoms with Crippen LogP contribution in [0.3, 0.4) is 0 Å². The molecule has 0 saturated carbocycles. The number of sulfone groups is 1. The van der Waals surface area contributed by atoms with Crippen molar-refractivity contribution in [2.75, 3.05) is 32.4 Å². The molecule has 2 aromatic carbocycles. The van der Waals surface area contributed by atoms with E-state index in [-0.39, 0.29) is 23.3 Å². The summed E-state index contributed by atoms with van der Waals surface area (Å²) >= 11 is 0. The highest BCUT2D eigenvalue weighted by Gasteiger charge is 2.41. The number of fused-ring (bicyclic) bond motifs is 2. The monoisotopic (exact) mass is 551 g/mol. The number of benzene rings is 2. The number of aromatic nitrogens is 3. The molecule has 0 bridgehead atoms. The number of H-pyrrole nitrogens is 1. The molecule has 0 unspecified atom stereocenters. The number of likely N-dealkylation sites (tertiary alicyclic amines) is 2. The van der Waals surface area contributed by atoms with Gasteiger partial charge < -0.3 is 14.5 Å². The fourth-order valence-electron chi connectivity index (χ4n) is 5.02. The number of amides is 2. The lowest BCUT2D eigenvalue weighted by Gasteiger charge is -2.34. The number of nitrogens with zero attached hydrogens (tertiary/aromatic N) is 4. The summed E-state index contributed by atoms with van der Waals surface area (Å²) in [6.07, 6.45) is -3.95. The van der Waals surface area contributed by atoms with Crippen LogP contribution in [0, 0.1) is 11.8 Å². The number of carbonyl (C=O) groups excluding carboxylic acids is 2. The SMILES string of the molecule is CS(=O)(=O)c1cc(COC(=O)N2C[C@@H]3CN(C(=O)c4ccc5[nH]nnc5c4)CC[C@H]3C2)cc(C(F)(F)F)c1. The zero-order valence-electron chi connectivity index (χ0n) is 20.2. The Morgan fingerprint density at radius 3 is 2.55 bits per heavy atom. The van der Waals surface area contributed by atoms with Crippen molar-refractivity contribution in [3.63, 3.8) is 0 Å². The van der Waals surface area contributed by atoms with Gasteiger partial charge in [0.2, 0.25) is 0 Å². The van der Waals surface area contributed by atoms with Crippen LogP contribution in [-0.2, 0) is 27.4 Å². The van der Waals surface area contributed by atoms with Crippen LogP contribution in [0.25, 0.3) is 11.0 Å². The maximum Gasteiger partial charge on any atom is 0.416 e. The van der Waals surface area contributed by atoms with E-state index in [9.17, 15) is 31.2 Å². The van der Waals surface area contributed by atoms with Gasteiger partial charge in [0, 0.05) is 38.0 Å². The van der Waals surface area contributed by atoms with Crippen molar-refractivity contribution in [1.82, 2.24) is 25.2 Å². The second kappa shape index (κ2) is 9.57. The molecule has 2 aliphatic rings. The Bertz CT molecular complexity index is 1510. The number of hydrogen-bond acceptors (Lipinski definition) is 7. The molecule has 0 spiro atoms. The molecule has 10 nitrogen and oxygen atoms in total. The van der Waals surface area contributed by atoms with Crippen LogP contribution in [0.4, 0.5) is 18.0 Å². The van der Waals surface area contributed by atoms with E-state index in [0.717, 1.165) is 23.9 Å². The first kappa shape index (κ1) is 25.9. The Balaban J connectivity index is 1.21. The average Bonchev–Trinajstić information content (AvgIpc) is 3.51. The summed E-state index contributed by atoms with van der Waals surface area (Å²) in [5.74, 6) is 0.0528. The Kier molecular flexibility index (Phi) is 6.53. The van der Waals surface area contributed by atoms with Gasteiger partial charge in [0.05, 0.1) is 16.0 Å². The number of nitrogens with one attached hydrogen (secondary N) is 1. The number of ether oxygens (including phenoxy) is 1. The van der Waals surface area contributed by atoms with E-state index in [1.165, 1.54) is 4.90 Å². The van der Waals surface area contributed by atoms with Gasteiger partial charge in [-0.1, -0.05) is 5.21 Å². The minimum atomic E-state index is -4.76. The van der Waals surface area contributed by atoms with Crippen LogP contribution in [0.5, 0.6) is 0 Å². The van der Waals surface area contributed by atoms with Gasteiger partial charge >= 0.3 is 12.3 Å². The third-order valence-electron chi connectivity index (χ3n) is 7.00. The van der Waals surface area contributed by atoms with E-state index < -0.39 is 39.2 Å². The molecule has 2 fully saturated rings. The largest absolute Gasteiger partial charge is 0.445 e. The summed E-state index contributed by atoms with van der Waals surface area (Å²) in [7, 11) is -3.91. The number of alkyl halides is 3. The fraction of sp³-hybridized carbons (Fsp3) is 0.417. The predicted octanol–water partition coefficient (Wildman–Crippen LogP) is 3.11. The van der Waals surface area contributed by atoms with Crippen LogP contribution < -0.4 is 0 Å². The molecule has 202 valence electrons. The van der Waals surface area contributed by atoms with Crippen molar-refractivity contribution in [3.05, 3.63) is 53.1 Å². The van der Waals surface area contributed by atoms with Crippen LogP contribution in [0.2, 0.25) is 0 Å². The molecule has 3 aromatic rings. The number of hydrogen-bond donors (Lipinski definition) is 1. The molecule has 5 rings (SSSR count). The lowest BCUT2D eigenvalue weighted by Crippen LogP contribution is -2.43. The van der Waals surface area contributed by atoms with Crippen LogP contribution >= 0.6 is 0 Å². The van der Waals surface area contributed by atoms with Gasteiger partial charge in [-0.2, -0.15) is 13.2 Å². The average molecular weight is 552 g/mol. The van der Waals surface area contributed by atoms with Gasteiger partial charge in [-0.25, -0.2) is 13.2 Å². The first-order valence-corrected chi connectivity index (χ1v) is 13.7. The lowest BCUT2D eigenvalue weighted by molar-refractivity contribution is -0.137. The number of rotatable bonds is 4. The normalized spacial score (nSPS) is 20.0. The Hall–Kier alpha value is -3.68. The van der Waals surface area contributed by atoms with Crippen LogP contribution in [0.1, 0.15) is 27.9 Å². The van der Waals surface area contributed by atoms with E-state index in [1.807, 2.05) is 0 Å². The topological polar surface area (TPSA) is 126 Å². The standard InChI is InChI=1S/C24H24F3N5O5S/c1-38(35,36)19-7-14(6-18(9-19)24(25,26)27)13-37-23(34)32-10-16-4-5-31(11-17(16)12-32)22(33)15-2-3-20-21(8-15)29-30-28-20/h2-3,6-9,16-17H,4-5,10-13H2,1H3,(H,28,29,30)/t16-,17-/m0/s1. The number of aromatic amines is 1. The molecule has 2 amide bonds. The number of carbonyl (C=O) groups is 2. The van der Waals surface area contributed by atoms with E-state index in [2.05, 4.69) is 15.4 Å². The van der Waals surface area contributed by atoms with Gasteiger partial charge in [0.25, 0.3) is 5.91 Å². The van der Waals surface area contributed by atoms with Gasteiger partial charge in [0.1, 0.15) is 12.1 Å². The van der Waals surface area contributed by atoms with Crippen LogP contribution in [-0.4, -0.2) is 78.1 Å². The molecule has 2 aliphatic heterocycles. The van der Waals surface area contributed by atoms with Crippen molar-refractivity contribution in [3.8, 4) is 0 Å². The second-order valence-electron chi connectivity index (χ2n) is 9.70. The molecule has 2 saturated heterocycles. The van der Waals surface area contributed by atoms with E-state index in [1.54, 1.807) is 23.1 Å². The molecule has 1 aromatic heterocycles. The Morgan fingerprint density at radius 2 is 1.82 bits per heavy atom. The van der Waals surface area contributed by atoms with Gasteiger partial charge in [-0.15, -0.1) is 5.10 Å². The van der Waals surface area contributed by atoms with Crippen molar-refractivity contribution < 1.29 is 35.9 Å². The van der Waals surface area contributed by atoms with E-state index in [0.29, 0.717) is 49.7 Å². The van der Waals surface area contributed by atoms with Crippen molar-refractivity contribution in [1.29, 1.82) is 0 Å². The number of piperidine rings is 1. The van der Waals surface area contributed by atoms with Crippen molar-refractivity contribution >= 4 is 32.9 Å². The molecular weight excluding hydrogens is 527 g/mol. The summed E-state index contributed by atoms with van der Waals surface area (Å²) in [6.45, 7) is 1.22. The minimum Gasteiger partial charge on any atom is -0.445 e. The third-order valence-corrected chi connectivity index (χ3v) is 8.10. The van der Waals surface area contributed by atoms with Gasteiger partial charge in [-0.05, 0) is 60.2 Å². The molecule has 0 radical (unpaired) electrons. The summed E-state index contributed by atoms with van der Waals surface area (Å²) in [5, 5.41) is 10.4. The zero-order valence-corrected chi connectivity index (χ0v) is 21.1. The Labute approximate surface area is 215 Å². The molecule has 38 heavy (non-hydrogen) atoms. The maximum atomic E-state index is 13.3. The fourth-order valence-corrected chi connectivity index (χ4v) is 5.72. The van der Waals surface area contributed by atoms with Crippen molar-refractivity contribution in [2.45, 2.75) is 24.1 Å². The summed E-state index contributed by atoms with van der Waals surface area (Å²) in [5.41, 5.74) is 0.596. The molecule has 3 heterocycles. The first-order chi connectivity index (χ1) is 17.9. The number of halogens is 3. The summed E-state index contributed by atoms with van der Waals surface area (Å²) in [6, 6.07) is 7.52. The smallest absolute Gasteiger partial charge is 0.416 e. The van der Waals surface area contributed by atoms with Crippen molar-refractivity contribution in [2.24, 2.45) is 11.8 Å². The first-order valence-electron chi connectivity index (χ1n) is 11.8.